The highest BCUT2D eigenvalue weighted by atomic mass is 16.4. The third-order valence-corrected chi connectivity index (χ3v) is 3.17. The Morgan fingerprint density at radius 3 is 2.95 bits per heavy atom. The van der Waals surface area contributed by atoms with Crippen LogP contribution in [-0.4, -0.2) is 40.0 Å². The molecule has 0 bridgehead atoms. The number of carboxylic acid groups (broad SMARTS) is 1. The standard InChI is InChI=1S/C14H16N2O3/c17-13(7-6-12-5-1-2-8-15-12)16-9-3-4-11(10-16)14(18)19/h1-2,5-8,11H,3-4,9-10H2,(H,18,19). The van der Waals surface area contributed by atoms with E-state index in [4.69, 9.17) is 5.11 Å². The smallest absolute Gasteiger partial charge is 0.308 e. The van der Waals surface area contributed by atoms with Crippen LogP contribution >= 0.6 is 0 Å². The number of aromatic nitrogens is 1. The molecule has 0 aliphatic carbocycles. The molecule has 0 spiro atoms. The normalized spacial score (nSPS) is 19.6. The second kappa shape index (κ2) is 6.13. The van der Waals surface area contributed by atoms with Crippen LogP contribution in [0.15, 0.2) is 30.5 Å². The van der Waals surface area contributed by atoms with Crippen LogP contribution in [0.2, 0.25) is 0 Å². The molecule has 5 nitrogen and oxygen atoms in total. The van der Waals surface area contributed by atoms with Gasteiger partial charge in [-0.05, 0) is 31.1 Å². The number of amides is 1. The number of nitrogens with zero attached hydrogens (tertiary/aromatic N) is 2. The van der Waals surface area contributed by atoms with Crippen LogP contribution in [0.1, 0.15) is 18.5 Å². The van der Waals surface area contributed by atoms with E-state index in [1.807, 2.05) is 6.07 Å². The Morgan fingerprint density at radius 1 is 1.42 bits per heavy atom. The van der Waals surface area contributed by atoms with Crippen molar-refractivity contribution in [3.63, 3.8) is 0 Å². The zero-order valence-corrected chi connectivity index (χ0v) is 10.5. The number of likely N-dealkylation sites (tertiary alicyclic amines) is 1. The van der Waals surface area contributed by atoms with Crippen molar-refractivity contribution in [3.8, 4) is 0 Å². The van der Waals surface area contributed by atoms with Crippen LogP contribution in [0.25, 0.3) is 6.08 Å². The molecule has 19 heavy (non-hydrogen) atoms. The third kappa shape index (κ3) is 3.64. The largest absolute Gasteiger partial charge is 0.481 e. The molecular formula is C14H16N2O3. The Hall–Kier alpha value is -2.17. The van der Waals surface area contributed by atoms with Gasteiger partial charge in [0.1, 0.15) is 0 Å². The van der Waals surface area contributed by atoms with Gasteiger partial charge in [-0.2, -0.15) is 0 Å². The quantitative estimate of drug-likeness (QED) is 0.834. The number of hydrogen-bond donors (Lipinski definition) is 1. The Morgan fingerprint density at radius 2 is 2.26 bits per heavy atom. The van der Waals surface area contributed by atoms with Crippen LogP contribution < -0.4 is 0 Å². The summed E-state index contributed by atoms with van der Waals surface area (Å²) >= 11 is 0. The van der Waals surface area contributed by atoms with Crippen molar-refractivity contribution in [2.24, 2.45) is 5.92 Å². The molecule has 2 rings (SSSR count). The molecule has 0 saturated carbocycles. The number of rotatable bonds is 3. The van der Waals surface area contributed by atoms with Crippen molar-refractivity contribution in [1.29, 1.82) is 0 Å². The van der Waals surface area contributed by atoms with E-state index in [0.717, 1.165) is 6.42 Å². The van der Waals surface area contributed by atoms with Gasteiger partial charge in [0.05, 0.1) is 11.6 Å². The second-order valence-corrected chi connectivity index (χ2v) is 4.55. The van der Waals surface area contributed by atoms with E-state index < -0.39 is 11.9 Å². The predicted molar refractivity (Wildman–Crippen MR) is 70.2 cm³/mol. The maximum atomic E-state index is 12.0. The van der Waals surface area contributed by atoms with Gasteiger partial charge in [-0.3, -0.25) is 14.6 Å². The van der Waals surface area contributed by atoms with E-state index in [-0.39, 0.29) is 5.91 Å². The lowest BCUT2D eigenvalue weighted by Crippen LogP contribution is -2.41. The van der Waals surface area contributed by atoms with Crippen molar-refractivity contribution in [2.45, 2.75) is 12.8 Å². The lowest BCUT2D eigenvalue weighted by Gasteiger charge is -2.29. The monoisotopic (exact) mass is 260 g/mol. The zero-order chi connectivity index (χ0) is 13.7. The summed E-state index contributed by atoms with van der Waals surface area (Å²) in [6.45, 7) is 0.913. The minimum absolute atomic E-state index is 0.156. The predicted octanol–water partition coefficient (Wildman–Crippen LogP) is 1.42. The summed E-state index contributed by atoms with van der Waals surface area (Å²) in [6, 6.07) is 5.46. The van der Waals surface area contributed by atoms with Crippen molar-refractivity contribution >= 4 is 18.0 Å². The van der Waals surface area contributed by atoms with Crippen LogP contribution in [0, 0.1) is 5.92 Å². The van der Waals surface area contributed by atoms with Crippen molar-refractivity contribution in [2.75, 3.05) is 13.1 Å². The van der Waals surface area contributed by atoms with Gasteiger partial charge in [-0.1, -0.05) is 6.07 Å². The zero-order valence-electron chi connectivity index (χ0n) is 10.5. The van der Waals surface area contributed by atoms with E-state index in [2.05, 4.69) is 4.98 Å². The summed E-state index contributed by atoms with van der Waals surface area (Å²) in [5, 5.41) is 8.98. The van der Waals surface area contributed by atoms with Gasteiger partial charge in [0.15, 0.2) is 0 Å². The molecule has 1 saturated heterocycles. The Labute approximate surface area is 111 Å². The molecule has 5 heteroatoms. The lowest BCUT2D eigenvalue weighted by atomic mass is 9.98. The van der Waals surface area contributed by atoms with Crippen LogP contribution in [0.3, 0.4) is 0 Å². The highest BCUT2D eigenvalue weighted by Gasteiger charge is 2.26. The van der Waals surface area contributed by atoms with Crippen LogP contribution in [0.5, 0.6) is 0 Å². The van der Waals surface area contributed by atoms with Crippen LogP contribution in [-0.2, 0) is 9.59 Å². The van der Waals surface area contributed by atoms with E-state index in [9.17, 15) is 9.59 Å². The molecule has 1 aliphatic rings. The average molecular weight is 260 g/mol. The maximum Gasteiger partial charge on any atom is 0.308 e. The van der Waals surface area contributed by atoms with Gasteiger partial charge in [-0.25, -0.2) is 0 Å². The molecule has 1 unspecified atom stereocenters. The Bertz CT molecular complexity index is 485. The number of piperidine rings is 1. The summed E-state index contributed by atoms with van der Waals surface area (Å²) in [5.41, 5.74) is 0.711. The van der Waals surface area contributed by atoms with E-state index in [0.29, 0.717) is 25.2 Å². The van der Waals surface area contributed by atoms with Gasteiger partial charge >= 0.3 is 5.97 Å². The van der Waals surface area contributed by atoms with E-state index in [1.165, 1.54) is 6.08 Å². The van der Waals surface area contributed by atoms with Gasteiger partial charge in [-0.15, -0.1) is 0 Å². The first-order valence-corrected chi connectivity index (χ1v) is 6.27. The molecule has 1 fully saturated rings. The average Bonchev–Trinajstić information content (AvgIpc) is 2.46. The molecule has 1 aromatic heterocycles. The fraction of sp³-hybridized carbons (Fsp3) is 0.357. The molecule has 2 heterocycles. The second-order valence-electron chi connectivity index (χ2n) is 4.55. The number of carbonyl (C=O) groups excluding carboxylic acids is 1. The highest BCUT2D eigenvalue weighted by Crippen LogP contribution is 2.17. The summed E-state index contributed by atoms with van der Waals surface area (Å²) in [7, 11) is 0. The first-order valence-electron chi connectivity index (χ1n) is 6.27. The molecule has 1 atom stereocenters. The maximum absolute atomic E-state index is 12.0. The lowest BCUT2D eigenvalue weighted by molar-refractivity contribution is -0.144. The first-order chi connectivity index (χ1) is 9.16. The molecule has 1 aliphatic heterocycles. The van der Waals surface area contributed by atoms with Gasteiger partial charge in [0.25, 0.3) is 0 Å². The molecule has 0 aromatic carbocycles. The fourth-order valence-electron chi connectivity index (χ4n) is 2.12. The SMILES string of the molecule is O=C(O)C1CCCN(C(=O)C=Cc2ccccn2)C1. The summed E-state index contributed by atoms with van der Waals surface area (Å²) < 4.78 is 0. The molecule has 1 amide bonds. The summed E-state index contributed by atoms with van der Waals surface area (Å²) in [5.74, 6) is -1.43. The number of carbonyl (C=O) groups is 2. The van der Waals surface area contributed by atoms with Gasteiger partial charge in [0, 0.05) is 25.4 Å². The number of aliphatic carboxylic acids is 1. The molecule has 100 valence electrons. The first kappa shape index (κ1) is 13.3. The van der Waals surface area contributed by atoms with E-state index >= 15 is 0 Å². The topological polar surface area (TPSA) is 70.5 Å². The van der Waals surface area contributed by atoms with Gasteiger partial charge in [0.2, 0.25) is 5.91 Å². The minimum atomic E-state index is -0.828. The van der Waals surface area contributed by atoms with Crippen LogP contribution in [0.4, 0.5) is 0 Å². The third-order valence-electron chi connectivity index (χ3n) is 3.17. The highest BCUT2D eigenvalue weighted by molar-refractivity contribution is 5.91. The minimum Gasteiger partial charge on any atom is -0.481 e. The van der Waals surface area contributed by atoms with Crippen molar-refractivity contribution in [3.05, 3.63) is 36.2 Å². The molecular weight excluding hydrogens is 244 g/mol. The number of hydrogen-bond acceptors (Lipinski definition) is 3. The van der Waals surface area contributed by atoms with Gasteiger partial charge < -0.3 is 10.0 Å². The van der Waals surface area contributed by atoms with E-state index in [1.54, 1.807) is 29.3 Å². The Kier molecular flexibility index (Phi) is 4.28. The number of pyridine rings is 1. The molecule has 1 aromatic rings. The van der Waals surface area contributed by atoms with Crippen molar-refractivity contribution < 1.29 is 14.7 Å². The molecule has 0 radical (unpaired) electrons. The summed E-state index contributed by atoms with van der Waals surface area (Å²) in [4.78, 5) is 28.6. The molecule has 1 N–H and O–H groups in total. The van der Waals surface area contributed by atoms with Crippen molar-refractivity contribution in [1.82, 2.24) is 9.88 Å². The Balaban J connectivity index is 1.96. The fourth-order valence-corrected chi connectivity index (χ4v) is 2.12. The summed E-state index contributed by atoms with van der Waals surface area (Å²) in [6.07, 6.45) is 6.13. The number of carboxylic acids is 1.